The summed E-state index contributed by atoms with van der Waals surface area (Å²) in [6.07, 6.45) is -1.26. The average Bonchev–Trinajstić information content (AvgIpc) is 2.60. The molecule has 0 aliphatic rings. The molecule has 25 heavy (non-hydrogen) atoms. The lowest BCUT2D eigenvalue weighted by atomic mass is 10.0. The molecular weight excluding hydrogens is 346 g/mol. The molecule has 0 saturated heterocycles. The van der Waals surface area contributed by atoms with Gasteiger partial charge in [0.1, 0.15) is 10.6 Å². The molecule has 8 nitrogen and oxygen atoms in total. The number of hydrogen-bond acceptors (Lipinski definition) is 6. The quantitative estimate of drug-likeness (QED) is 0.337. The minimum atomic E-state index is -3.97. The van der Waals surface area contributed by atoms with Crippen molar-refractivity contribution in [2.45, 2.75) is 24.0 Å². The van der Waals surface area contributed by atoms with Crippen molar-refractivity contribution in [3.8, 4) is 5.75 Å². The molecule has 2 atom stereocenters. The molecular formula is C16H17N3O5S. The molecule has 2 aromatic carbocycles. The highest BCUT2D eigenvalue weighted by atomic mass is 32.2. The van der Waals surface area contributed by atoms with Gasteiger partial charge in [-0.15, -0.1) is 0 Å². The third-order valence-corrected chi connectivity index (χ3v) is 4.73. The van der Waals surface area contributed by atoms with Crippen LogP contribution in [0.1, 0.15) is 17.2 Å². The van der Waals surface area contributed by atoms with Crippen molar-refractivity contribution in [1.29, 1.82) is 0 Å². The number of aliphatic hydroxyl groups excluding tert-OH is 2. The summed E-state index contributed by atoms with van der Waals surface area (Å²) in [6, 6.07) is 10.9. The summed E-state index contributed by atoms with van der Waals surface area (Å²) in [4.78, 5) is 2.67. The van der Waals surface area contributed by atoms with Crippen LogP contribution in [0.2, 0.25) is 0 Å². The zero-order valence-electron chi connectivity index (χ0n) is 13.3. The number of nitrogens with zero attached hydrogens (tertiary/aromatic N) is 3. The second-order valence-electron chi connectivity index (χ2n) is 5.32. The second kappa shape index (κ2) is 8.00. The van der Waals surface area contributed by atoms with E-state index in [1.165, 1.54) is 36.4 Å². The summed E-state index contributed by atoms with van der Waals surface area (Å²) in [6.45, 7) is 1.26. The Kier molecular flexibility index (Phi) is 6.00. The number of aliphatic hydroxyl groups is 2. The minimum Gasteiger partial charge on any atom is -0.394 e. The van der Waals surface area contributed by atoms with Crippen molar-refractivity contribution in [3.05, 3.63) is 70.1 Å². The first-order chi connectivity index (χ1) is 11.9. The average molecular weight is 363 g/mol. The monoisotopic (exact) mass is 363 g/mol. The normalized spacial score (nSPS) is 13.6. The molecule has 0 radical (unpaired) electrons. The Hall–Kier alpha value is -2.58. The van der Waals surface area contributed by atoms with Crippen LogP contribution in [0, 0.1) is 6.92 Å². The van der Waals surface area contributed by atoms with Gasteiger partial charge in [-0.2, -0.15) is 8.42 Å². The van der Waals surface area contributed by atoms with E-state index >= 15 is 0 Å². The van der Waals surface area contributed by atoms with Gasteiger partial charge in [-0.1, -0.05) is 34.9 Å². The van der Waals surface area contributed by atoms with Crippen molar-refractivity contribution in [3.63, 3.8) is 0 Å². The first kappa shape index (κ1) is 18.8. The van der Waals surface area contributed by atoms with E-state index in [9.17, 15) is 13.5 Å². The summed E-state index contributed by atoms with van der Waals surface area (Å²) in [5.41, 5.74) is 9.90. The van der Waals surface area contributed by atoms with Crippen LogP contribution in [0.5, 0.6) is 5.75 Å². The predicted octanol–water partition coefficient (Wildman–Crippen LogP) is 2.47. The highest BCUT2D eigenvalue weighted by molar-refractivity contribution is 7.87. The molecule has 0 aliphatic heterocycles. The van der Waals surface area contributed by atoms with E-state index in [2.05, 4.69) is 10.0 Å². The number of rotatable bonds is 7. The van der Waals surface area contributed by atoms with Gasteiger partial charge in [0.25, 0.3) is 0 Å². The third kappa shape index (κ3) is 4.71. The Balaban J connectivity index is 2.22. The maximum absolute atomic E-state index is 12.2. The van der Waals surface area contributed by atoms with Gasteiger partial charge >= 0.3 is 10.1 Å². The molecule has 0 heterocycles. The molecule has 2 N–H and O–H groups in total. The fourth-order valence-corrected chi connectivity index (χ4v) is 3.05. The molecule has 0 bridgehead atoms. The van der Waals surface area contributed by atoms with Crippen LogP contribution < -0.4 is 4.18 Å². The van der Waals surface area contributed by atoms with Crippen LogP contribution in [0.3, 0.4) is 0 Å². The minimum absolute atomic E-state index is 0.0323. The SMILES string of the molecule is Cc1ccc(S(=O)(=O)Oc2ccc([C@@H](N=[N+]=[N-])[C@@H](O)CO)cc2)cc1. The van der Waals surface area contributed by atoms with Crippen LogP contribution in [0.15, 0.2) is 58.5 Å². The van der Waals surface area contributed by atoms with Crippen LogP contribution in [-0.4, -0.2) is 31.3 Å². The fraction of sp³-hybridized carbons (Fsp3) is 0.250. The van der Waals surface area contributed by atoms with Crippen molar-refractivity contribution >= 4 is 10.1 Å². The van der Waals surface area contributed by atoms with E-state index in [1.807, 2.05) is 6.92 Å². The molecule has 0 unspecified atom stereocenters. The van der Waals surface area contributed by atoms with Crippen molar-refractivity contribution in [1.82, 2.24) is 0 Å². The van der Waals surface area contributed by atoms with E-state index in [0.717, 1.165) is 5.56 Å². The van der Waals surface area contributed by atoms with Crippen molar-refractivity contribution < 1.29 is 22.8 Å². The Labute approximate surface area is 145 Å². The maximum atomic E-state index is 12.2. The zero-order valence-corrected chi connectivity index (χ0v) is 14.2. The van der Waals surface area contributed by atoms with Crippen molar-refractivity contribution in [2.24, 2.45) is 5.11 Å². The molecule has 9 heteroatoms. The van der Waals surface area contributed by atoms with E-state index in [-0.39, 0.29) is 10.6 Å². The van der Waals surface area contributed by atoms with E-state index in [1.54, 1.807) is 12.1 Å². The summed E-state index contributed by atoms with van der Waals surface area (Å²) in [5, 5.41) is 22.1. The number of benzene rings is 2. The first-order valence-corrected chi connectivity index (χ1v) is 8.72. The molecule has 0 aromatic heterocycles. The largest absolute Gasteiger partial charge is 0.394 e. The van der Waals surface area contributed by atoms with E-state index in [0.29, 0.717) is 5.56 Å². The fourth-order valence-electron chi connectivity index (χ4n) is 2.12. The van der Waals surface area contributed by atoms with Gasteiger partial charge in [0, 0.05) is 4.91 Å². The Morgan fingerprint density at radius 3 is 2.28 bits per heavy atom. The molecule has 132 valence electrons. The molecule has 2 rings (SSSR count). The number of azide groups is 1. The molecule has 0 aliphatic carbocycles. The van der Waals surface area contributed by atoms with Crippen LogP contribution in [-0.2, 0) is 10.1 Å². The summed E-state index contributed by atoms with van der Waals surface area (Å²) in [5.74, 6) is 0.0718. The van der Waals surface area contributed by atoms with Gasteiger partial charge in [-0.25, -0.2) is 0 Å². The predicted molar refractivity (Wildman–Crippen MR) is 90.4 cm³/mol. The molecule has 2 aromatic rings. The summed E-state index contributed by atoms with van der Waals surface area (Å²) in [7, 11) is -3.97. The van der Waals surface area contributed by atoms with Crippen LogP contribution >= 0.6 is 0 Å². The zero-order chi connectivity index (χ0) is 18.4. The Morgan fingerprint density at radius 2 is 1.76 bits per heavy atom. The van der Waals surface area contributed by atoms with Gasteiger partial charge < -0.3 is 14.4 Å². The molecule has 0 fully saturated rings. The number of hydrogen-bond donors (Lipinski definition) is 2. The van der Waals surface area contributed by atoms with Gasteiger partial charge in [0.15, 0.2) is 0 Å². The van der Waals surface area contributed by atoms with Gasteiger partial charge in [0.05, 0.1) is 18.8 Å². The van der Waals surface area contributed by atoms with Crippen molar-refractivity contribution in [2.75, 3.05) is 6.61 Å². The summed E-state index contributed by atoms with van der Waals surface area (Å²) < 4.78 is 29.5. The van der Waals surface area contributed by atoms with E-state index < -0.39 is 28.9 Å². The lowest BCUT2D eigenvalue weighted by Gasteiger charge is -2.16. The first-order valence-electron chi connectivity index (χ1n) is 7.31. The Morgan fingerprint density at radius 1 is 1.16 bits per heavy atom. The van der Waals surface area contributed by atoms with Crippen LogP contribution in [0.4, 0.5) is 0 Å². The molecule has 0 amide bonds. The molecule has 0 saturated carbocycles. The maximum Gasteiger partial charge on any atom is 0.339 e. The van der Waals surface area contributed by atoms with E-state index in [4.69, 9.17) is 14.8 Å². The summed E-state index contributed by atoms with van der Waals surface area (Å²) >= 11 is 0. The van der Waals surface area contributed by atoms with Crippen LogP contribution in [0.25, 0.3) is 10.4 Å². The number of aryl methyl sites for hydroxylation is 1. The third-order valence-electron chi connectivity index (χ3n) is 3.46. The Bertz CT molecular complexity index is 860. The highest BCUT2D eigenvalue weighted by Gasteiger charge is 2.20. The smallest absolute Gasteiger partial charge is 0.339 e. The standard InChI is InChI=1S/C16H17N3O5S/c1-11-2-8-14(9-3-11)25(22,23)24-13-6-4-12(5-7-13)16(18-19-17)15(21)10-20/h2-9,15-16,20-21H,10H2,1H3/t15-,16+/m0/s1. The highest BCUT2D eigenvalue weighted by Crippen LogP contribution is 2.25. The lowest BCUT2D eigenvalue weighted by Crippen LogP contribution is -2.20. The topological polar surface area (TPSA) is 133 Å². The van der Waals surface area contributed by atoms with Gasteiger partial charge in [-0.3, -0.25) is 0 Å². The van der Waals surface area contributed by atoms with Gasteiger partial charge in [0.2, 0.25) is 0 Å². The second-order valence-corrected chi connectivity index (χ2v) is 6.87. The lowest BCUT2D eigenvalue weighted by molar-refractivity contribution is 0.0742. The van der Waals surface area contributed by atoms with Gasteiger partial charge in [-0.05, 0) is 42.3 Å². The molecule has 0 spiro atoms.